The molecule has 3 aromatic heterocycles. The van der Waals surface area contributed by atoms with Crippen LogP contribution in [0.15, 0.2) is 60.8 Å². The molecule has 0 fully saturated rings. The molecule has 4 rings (SSSR count). The summed E-state index contributed by atoms with van der Waals surface area (Å²) in [5, 5.41) is 10.9. The average molecular weight is 386 g/mol. The minimum Gasteiger partial charge on any atom is -0.311 e. The predicted molar refractivity (Wildman–Crippen MR) is 110 cm³/mol. The molecule has 0 unspecified atom stereocenters. The molecular formula is C21H18N6O2. The fourth-order valence-corrected chi connectivity index (χ4v) is 2.95. The first-order chi connectivity index (χ1) is 14.0. The van der Waals surface area contributed by atoms with E-state index in [9.17, 15) is 9.59 Å². The molecule has 0 aliphatic carbocycles. The number of pyridine rings is 2. The number of para-hydroxylation sites is 1. The van der Waals surface area contributed by atoms with Crippen LogP contribution in [0.3, 0.4) is 0 Å². The minimum atomic E-state index is -0.346. The van der Waals surface area contributed by atoms with Crippen molar-refractivity contribution in [1.82, 2.24) is 19.7 Å². The van der Waals surface area contributed by atoms with Crippen LogP contribution in [-0.4, -0.2) is 31.6 Å². The van der Waals surface area contributed by atoms with Crippen molar-refractivity contribution in [2.75, 3.05) is 10.6 Å². The number of carbonyl (C=O) groups excluding carboxylic acids is 2. The first kappa shape index (κ1) is 18.3. The maximum atomic E-state index is 12.7. The Hall–Kier alpha value is -4.07. The van der Waals surface area contributed by atoms with E-state index in [1.54, 1.807) is 16.8 Å². The highest BCUT2D eigenvalue weighted by Gasteiger charge is 2.14. The molecule has 0 aliphatic rings. The van der Waals surface area contributed by atoms with Gasteiger partial charge in [0.1, 0.15) is 11.6 Å². The van der Waals surface area contributed by atoms with Crippen LogP contribution >= 0.6 is 0 Å². The number of hydrogen-bond acceptors (Lipinski definition) is 5. The van der Waals surface area contributed by atoms with Gasteiger partial charge in [-0.15, -0.1) is 0 Å². The van der Waals surface area contributed by atoms with E-state index >= 15 is 0 Å². The van der Waals surface area contributed by atoms with E-state index in [4.69, 9.17) is 0 Å². The Bertz CT molecular complexity index is 1230. The molecule has 0 saturated carbocycles. The third-order valence-corrected chi connectivity index (χ3v) is 4.20. The zero-order valence-electron chi connectivity index (χ0n) is 15.9. The van der Waals surface area contributed by atoms with Crippen molar-refractivity contribution in [3.05, 3.63) is 72.1 Å². The topological polar surface area (TPSA) is 102 Å². The normalized spacial score (nSPS) is 10.7. The number of fused-ring (bicyclic) bond motifs is 1. The summed E-state index contributed by atoms with van der Waals surface area (Å²) in [5.41, 5.74) is 1.94. The van der Waals surface area contributed by atoms with Crippen molar-refractivity contribution in [2.45, 2.75) is 13.8 Å². The molecule has 4 aromatic rings. The van der Waals surface area contributed by atoms with Gasteiger partial charge in [0.2, 0.25) is 5.91 Å². The number of anilines is 2. The first-order valence-corrected chi connectivity index (χ1v) is 8.97. The van der Waals surface area contributed by atoms with Gasteiger partial charge >= 0.3 is 0 Å². The van der Waals surface area contributed by atoms with E-state index < -0.39 is 0 Å². The van der Waals surface area contributed by atoms with Crippen LogP contribution in [0.4, 0.5) is 11.6 Å². The van der Waals surface area contributed by atoms with Crippen molar-refractivity contribution >= 4 is 34.4 Å². The summed E-state index contributed by atoms with van der Waals surface area (Å²) in [6.45, 7) is 3.22. The van der Waals surface area contributed by atoms with Crippen LogP contribution in [0.25, 0.3) is 16.7 Å². The fraction of sp³-hybridized carbons (Fsp3) is 0.0952. The first-order valence-electron chi connectivity index (χ1n) is 8.97. The molecule has 0 spiro atoms. The number of aryl methyl sites for hydroxylation is 1. The van der Waals surface area contributed by atoms with Gasteiger partial charge in [-0.05, 0) is 37.3 Å². The van der Waals surface area contributed by atoms with Crippen LogP contribution in [0.5, 0.6) is 0 Å². The Balaban J connectivity index is 1.64. The highest BCUT2D eigenvalue weighted by atomic mass is 16.2. The number of carbonyl (C=O) groups is 2. The number of amides is 2. The van der Waals surface area contributed by atoms with E-state index in [0.717, 1.165) is 16.6 Å². The lowest BCUT2D eigenvalue weighted by atomic mass is 10.2. The third kappa shape index (κ3) is 3.96. The Kier molecular flexibility index (Phi) is 4.74. The van der Waals surface area contributed by atoms with Gasteiger partial charge in [-0.25, -0.2) is 9.97 Å². The largest absolute Gasteiger partial charge is 0.311 e. The highest BCUT2D eigenvalue weighted by Crippen LogP contribution is 2.20. The van der Waals surface area contributed by atoms with Crippen molar-refractivity contribution in [1.29, 1.82) is 0 Å². The van der Waals surface area contributed by atoms with Gasteiger partial charge in [-0.2, -0.15) is 9.78 Å². The molecule has 3 heterocycles. The lowest BCUT2D eigenvalue weighted by Crippen LogP contribution is -2.16. The Labute approximate surface area is 166 Å². The van der Waals surface area contributed by atoms with Crippen molar-refractivity contribution in [3.8, 4) is 5.82 Å². The van der Waals surface area contributed by atoms with Gasteiger partial charge in [-0.1, -0.05) is 18.2 Å². The molecule has 0 bridgehead atoms. The Morgan fingerprint density at radius 2 is 1.83 bits per heavy atom. The van der Waals surface area contributed by atoms with Crippen LogP contribution in [0, 0.1) is 6.92 Å². The molecule has 8 nitrogen and oxygen atoms in total. The molecule has 144 valence electrons. The van der Waals surface area contributed by atoms with Crippen LogP contribution in [-0.2, 0) is 4.79 Å². The summed E-state index contributed by atoms with van der Waals surface area (Å²) in [5.74, 6) is 0.798. The number of rotatable bonds is 4. The third-order valence-electron chi connectivity index (χ3n) is 4.20. The highest BCUT2D eigenvalue weighted by molar-refractivity contribution is 6.04. The number of hydrogen-bond donors (Lipinski definition) is 2. The molecule has 2 N–H and O–H groups in total. The summed E-state index contributed by atoms with van der Waals surface area (Å²) in [4.78, 5) is 32.6. The van der Waals surface area contributed by atoms with E-state index in [-0.39, 0.29) is 11.8 Å². The molecular weight excluding hydrogens is 368 g/mol. The number of nitrogens with zero attached hydrogens (tertiary/aromatic N) is 4. The van der Waals surface area contributed by atoms with Crippen LogP contribution in [0.2, 0.25) is 0 Å². The van der Waals surface area contributed by atoms with E-state index in [1.165, 1.54) is 19.2 Å². The average Bonchev–Trinajstić information content (AvgIpc) is 3.07. The SMILES string of the molecule is CC(=O)Nc1cc(C(=O)Nc2cc(C)nn2-c2ccc3ccccc3n2)ccn1. The second kappa shape index (κ2) is 7.51. The molecule has 0 atom stereocenters. The maximum Gasteiger partial charge on any atom is 0.257 e. The van der Waals surface area contributed by atoms with Crippen LogP contribution in [0.1, 0.15) is 23.0 Å². The van der Waals surface area contributed by atoms with Crippen LogP contribution < -0.4 is 10.6 Å². The van der Waals surface area contributed by atoms with Gasteiger partial charge in [0, 0.05) is 30.1 Å². The summed E-state index contributed by atoms with van der Waals surface area (Å²) >= 11 is 0. The van der Waals surface area contributed by atoms with Crippen molar-refractivity contribution in [2.24, 2.45) is 0 Å². The van der Waals surface area contributed by atoms with Gasteiger partial charge in [0.25, 0.3) is 5.91 Å². The monoisotopic (exact) mass is 386 g/mol. The molecule has 0 aliphatic heterocycles. The minimum absolute atomic E-state index is 0.258. The zero-order valence-corrected chi connectivity index (χ0v) is 15.9. The summed E-state index contributed by atoms with van der Waals surface area (Å²) in [6, 6.07) is 16.5. The Morgan fingerprint density at radius 1 is 1.00 bits per heavy atom. The standard InChI is InChI=1S/C21H18N6O2/c1-13-11-20(25-21(29)16-9-10-22-18(12-16)23-14(2)28)27(26-13)19-8-7-15-5-3-4-6-17(15)24-19/h3-12H,1-2H3,(H,25,29)(H,22,23,28). The molecule has 29 heavy (non-hydrogen) atoms. The number of nitrogens with one attached hydrogen (secondary N) is 2. The van der Waals surface area contributed by atoms with Gasteiger partial charge in [-0.3, -0.25) is 9.59 Å². The number of benzene rings is 1. The molecule has 1 aromatic carbocycles. The quantitative estimate of drug-likeness (QED) is 0.560. The molecule has 0 saturated heterocycles. The Morgan fingerprint density at radius 3 is 2.66 bits per heavy atom. The van der Waals surface area contributed by atoms with E-state index in [0.29, 0.717) is 23.0 Å². The fourth-order valence-electron chi connectivity index (χ4n) is 2.95. The smallest absolute Gasteiger partial charge is 0.257 e. The maximum absolute atomic E-state index is 12.7. The van der Waals surface area contributed by atoms with Gasteiger partial charge < -0.3 is 10.6 Å². The molecule has 8 heteroatoms. The second-order valence-electron chi connectivity index (χ2n) is 6.51. The van der Waals surface area contributed by atoms with Crippen molar-refractivity contribution < 1.29 is 9.59 Å². The number of aromatic nitrogens is 4. The lowest BCUT2D eigenvalue weighted by Gasteiger charge is -2.10. The molecule has 0 radical (unpaired) electrons. The van der Waals surface area contributed by atoms with Gasteiger partial charge in [0.05, 0.1) is 11.2 Å². The van der Waals surface area contributed by atoms with E-state index in [1.807, 2.05) is 43.3 Å². The van der Waals surface area contributed by atoms with E-state index in [2.05, 4.69) is 25.7 Å². The zero-order chi connectivity index (χ0) is 20.4. The summed E-state index contributed by atoms with van der Waals surface area (Å²) in [7, 11) is 0. The molecule has 2 amide bonds. The lowest BCUT2D eigenvalue weighted by molar-refractivity contribution is -0.114. The predicted octanol–water partition coefficient (Wildman–Crippen LogP) is 3.33. The van der Waals surface area contributed by atoms with Gasteiger partial charge in [0.15, 0.2) is 5.82 Å². The summed E-state index contributed by atoms with van der Waals surface area (Å²) in [6.07, 6.45) is 1.47. The van der Waals surface area contributed by atoms with Crippen molar-refractivity contribution in [3.63, 3.8) is 0 Å². The second-order valence-corrected chi connectivity index (χ2v) is 6.51. The summed E-state index contributed by atoms with van der Waals surface area (Å²) < 4.78 is 1.59.